The third-order valence-electron chi connectivity index (χ3n) is 3.86. The number of nitriles is 1. The van der Waals surface area contributed by atoms with Gasteiger partial charge in [-0.15, -0.1) is 0 Å². The zero-order valence-electron chi connectivity index (χ0n) is 11.8. The van der Waals surface area contributed by atoms with Gasteiger partial charge in [-0.2, -0.15) is 9.57 Å². The van der Waals surface area contributed by atoms with Crippen LogP contribution in [0.2, 0.25) is 0 Å². The SMILES string of the molecule is C[C@@H](N)[C@@H]1CCCN(S(=O)(=O)c2ccc(F)c(C#N)c2)C1. The predicted octanol–water partition coefficient (Wildman–Crippen LogP) is 1.45. The van der Waals surface area contributed by atoms with Crippen LogP contribution in [0.5, 0.6) is 0 Å². The van der Waals surface area contributed by atoms with Crippen molar-refractivity contribution >= 4 is 10.0 Å². The van der Waals surface area contributed by atoms with Crippen molar-refractivity contribution in [2.24, 2.45) is 11.7 Å². The van der Waals surface area contributed by atoms with E-state index in [1.54, 1.807) is 6.07 Å². The molecule has 114 valence electrons. The molecule has 1 saturated heterocycles. The molecule has 0 radical (unpaired) electrons. The van der Waals surface area contributed by atoms with Crippen molar-refractivity contribution in [3.63, 3.8) is 0 Å². The van der Waals surface area contributed by atoms with Gasteiger partial charge in [0.1, 0.15) is 11.9 Å². The van der Waals surface area contributed by atoms with E-state index in [-0.39, 0.29) is 22.4 Å². The highest BCUT2D eigenvalue weighted by atomic mass is 32.2. The van der Waals surface area contributed by atoms with Gasteiger partial charge in [0.15, 0.2) is 0 Å². The molecule has 0 aromatic heterocycles. The molecule has 7 heteroatoms. The minimum atomic E-state index is -3.72. The van der Waals surface area contributed by atoms with Gasteiger partial charge < -0.3 is 5.73 Å². The van der Waals surface area contributed by atoms with E-state index >= 15 is 0 Å². The van der Waals surface area contributed by atoms with E-state index in [4.69, 9.17) is 11.0 Å². The van der Waals surface area contributed by atoms with Crippen LogP contribution in [0.4, 0.5) is 4.39 Å². The first-order chi connectivity index (χ1) is 9.86. The molecule has 2 atom stereocenters. The van der Waals surface area contributed by atoms with E-state index in [0.717, 1.165) is 25.0 Å². The summed E-state index contributed by atoms with van der Waals surface area (Å²) in [5, 5.41) is 8.82. The molecule has 0 amide bonds. The Bertz CT molecular complexity index is 667. The second-order valence-corrected chi connectivity index (χ2v) is 7.32. The van der Waals surface area contributed by atoms with Gasteiger partial charge in [-0.05, 0) is 43.9 Å². The Morgan fingerprint density at radius 1 is 1.52 bits per heavy atom. The summed E-state index contributed by atoms with van der Waals surface area (Å²) in [6, 6.07) is 4.87. The van der Waals surface area contributed by atoms with Crippen LogP contribution in [0.15, 0.2) is 23.1 Å². The van der Waals surface area contributed by atoms with Crippen molar-refractivity contribution in [3.05, 3.63) is 29.6 Å². The molecule has 0 unspecified atom stereocenters. The lowest BCUT2D eigenvalue weighted by Gasteiger charge is -2.33. The molecule has 1 aliphatic heterocycles. The van der Waals surface area contributed by atoms with Crippen LogP contribution in [0, 0.1) is 23.1 Å². The standard InChI is InChI=1S/C14H18FN3O2S/c1-10(17)11-3-2-6-18(9-11)21(19,20)13-4-5-14(15)12(7-13)8-16/h4-5,7,10-11H,2-3,6,9,17H2,1H3/t10-,11-/m1/s1. The summed E-state index contributed by atoms with van der Waals surface area (Å²) < 4.78 is 39.9. The fourth-order valence-corrected chi connectivity index (χ4v) is 4.08. The van der Waals surface area contributed by atoms with Crippen molar-refractivity contribution in [3.8, 4) is 6.07 Å². The highest BCUT2D eigenvalue weighted by Gasteiger charge is 2.31. The number of hydrogen-bond acceptors (Lipinski definition) is 4. The molecule has 1 heterocycles. The Morgan fingerprint density at radius 2 is 2.24 bits per heavy atom. The average molecular weight is 311 g/mol. The summed E-state index contributed by atoms with van der Waals surface area (Å²) in [4.78, 5) is -0.0502. The Hall–Kier alpha value is -1.49. The summed E-state index contributed by atoms with van der Waals surface area (Å²) in [6.45, 7) is 2.65. The van der Waals surface area contributed by atoms with Gasteiger partial charge in [0.25, 0.3) is 0 Å². The van der Waals surface area contributed by atoms with Crippen LogP contribution in [-0.2, 0) is 10.0 Å². The molecule has 2 rings (SSSR count). The molecule has 1 aliphatic rings. The predicted molar refractivity (Wildman–Crippen MR) is 76.2 cm³/mol. The molecule has 0 aliphatic carbocycles. The number of benzene rings is 1. The van der Waals surface area contributed by atoms with Gasteiger partial charge in [0, 0.05) is 19.1 Å². The topological polar surface area (TPSA) is 87.2 Å². The number of halogens is 1. The minimum Gasteiger partial charge on any atom is -0.328 e. The summed E-state index contributed by atoms with van der Waals surface area (Å²) in [7, 11) is -3.72. The molecule has 1 fully saturated rings. The zero-order chi connectivity index (χ0) is 15.6. The maximum absolute atomic E-state index is 13.3. The molecule has 5 nitrogen and oxygen atoms in total. The zero-order valence-corrected chi connectivity index (χ0v) is 12.6. The molecule has 1 aromatic carbocycles. The largest absolute Gasteiger partial charge is 0.328 e. The molecule has 0 saturated carbocycles. The second kappa shape index (κ2) is 6.10. The fourth-order valence-electron chi connectivity index (χ4n) is 2.52. The smallest absolute Gasteiger partial charge is 0.243 e. The van der Waals surface area contributed by atoms with Crippen LogP contribution in [-0.4, -0.2) is 31.9 Å². The van der Waals surface area contributed by atoms with Crippen LogP contribution in [0.3, 0.4) is 0 Å². The molecular weight excluding hydrogens is 293 g/mol. The number of rotatable bonds is 3. The first-order valence-electron chi connectivity index (χ1n) is 6.81. The van der Waals surface area contributed by atoms with E-state index in [1.807, 2.05) is 6.92 Å². The van der Waals surface area contributed by atoms with Crippen molar-refractivity contribution < 1.29 is 12.8 Å². The quantitative estimate of drug-likeness (QED) is 0.915. The summed E-state index contributed by atoms with van der Waals surface area (Å²) >= 11 is 0. The molecule has 2 N–H and O–H groups in total. The van der Waals surface area contributed by atoms with Gasteiger partial charge in [-0.25, -0.2) is 12.8 Å². The molecule has 0 bridgehead atoms. The normalized spacial score (nSPS) is 21.7. The number of hydrogen-bond donors (Lipinski definition) is 1. The first kappa shape index (κ1) is 15.9. The van der Waals surface area contributed by atoms with Crippen molar-refractivity contribution in [2.75, 3.05) is 13.1 Å². The third kappa shape index (κ3) is 3.23. The molecule has 1 aromatic rings. The second-order valence-electron chi connectivity index (χ2n) is 5.38. The van der Waals surface area contributed by atoms with Gasteiger partial charge in [-0.1, -0.05) is 0 Å². The summed E-state index contributed by atoms with van der Waals surface area (Å²) in [6.07, 6.45) is 1.65. The molecule has 0 spiro atoms. The highest BCUT2D eigenvalue weighted by molar-refractivity contribution is 7.89. The maximum atomic E-state index is 13.3. The van der Waals surface area contributed by atoms with Crippen LogP contribution in [0.25, 0.3) is 0 Å². The van der Waals surface area contributed by atoms with E-state index in [0.29, 0.717) is 13.1 Å². The summed E-state index contributed by atoms with van der Waals surface area (Å²) in [5.41, 5.74) is 5.60. The molecule has 21 heavy (non-hydrogen) atoms. The third-order valence-corrected chi connectivity index (χ3v) is 5.72. The van der Waals surface area contributed by atoms with E-state index in [9.17, 15) is 12.8 Å². The van der Waals surface area contributed by atoms with Crippen LogP contribution < -0.4 is 5.73 Å². The lowest BCUT2D eigenvalue weighted by Crippen LogP contribution is -2.44. The first-order valence-corrected chi connectivity index (χ1v) is 8.25. The Morgan fingerprint density at radius 3 is 2.86 bits per heavy atom. The van der Waals surface area contributed by atoms with Gasteiger partial charge >= 0.3 is 0 Å². The average Bonchev–Trinajstić information content (AvgIpc) is 2.47. The molecular formula is C14H18FN3O2S. The van der Waals surface area contributed by atoms with E-state index in [2.05, 4.69) is 0 Å². The van der Waals surface area contributed by atoms with Gasteiger partial charge in [0.05, 0.1) is 10.5 Å². The number of nitrogens with zero attached hydrogens (tertiary/aromatic N) is 2. The van der Waals surface area contributed by atoms with Gasteiger partial charge in [-0.3, -0.25) is 0 Å². The van der Waals surface area contributed by atoms with Crippen molar-refractivity contribution in [1.29, 1.82) is 5.26 Å². The summed E-state index contributed by atoms with van der Waals surface area (Å²) in [5.74, 6) is -0.604. The lowest BCUT2D eigenvalue weighted by molar-refractivity contribution is 0.243. The van der Waals surface area contributed by atoms with Crippen molar-refractivity contribution in [1.82, 2.24) is 4.31 Å². The number of piperidine rings is 1. The minimum absolute atomic E-state index is 0.0502. The maximum Gasteiger partial charge on any atom is 0.243 e. The number of sulfonamides is 1. The highest BCUT2D eigenvalue weighted by Crippen LogP contribution is 2.25. The Labute approximate surface area is 124 Å². The van der Waals surface area contributed by atoms with Crippen molar-refractivity contribution in [2.45, 2.75) is 30.7 Å². The Kier molecular flexibility index (Phi) is 4.61. The number of nitrogens with two attached hydrogens (primary N) is 1. The van der Waals surface area contributed by atoms with Crippen LogP contribution >= 0.6 is 0 Å². The Balaban J connectivity index is 2.32. The van der Waals surface area contributed by atoms with Crippen LogP contribution in [0.1, 0.15) is 25.3 Å². The fraction of sp³-hybridized carbons (Fsp3) is 0.500. The monoisotopic (exact) mass is 311 g/mol. The van der Waals surface area contributed by atoms with E-state index < -0.39 is 15.8 Å². The lowest BCUT2D eigenvalue weighted by atomic mass is 9.93. The van der Waals surface area contributed by atoms with Gasteiger partial charge in [0.2, 0.25) is 10.0 Å². The van der Waals surface area contributed by atoms with E-state index in [1.165, 1.54) is 10.4 Å².